The molecule has 0 bridgehead atoms. The Morgan fingerprint density at radius 3 is 2.77 bits per heavy atom. The molecule has 0 fully saturated rings. The Bertz CT molecular complexity index is 361. The van der Waals surface area contributed by atoms with Gasteiger partial charge in [0.2, 0.25) is 0 Å². The molecule has 0 unspecified atom stereocenters. The molecule has 1 aliphatic rings. The smallest absolute Gasteiger partial charge is 0.122 e. The molecule has 1 heteroatoms. The Balaban J connectivity index is 2.31. The molecule has 0 heterocycles. The van der Waals surface area contributed by atoms with E-state index in [0.717, 1.165) is 18.4 Å². The first kappa shape index (κ1) is 8.11. The molecule has 0 aliphatic heterocycles. The summed E-state index contributed by atoms with van der Waals surface area (Å²) >= 11 is 0. The van der Waals surface area contributed by atoms with E-state index in [1.165, 1.54) is 5.57 Å². The highest BCUT2D eigenvalue weighted by Crippen LogP contribution is 2.23. The summed E-state index contributed by atoms with van der Waals surface area (Å²) in [5.41, 5.74) is 2.20. The van der Waals surface area contributed by atoms with E-state index in [2.05, 4.69) is 12.2 Å². The van der Waals surface area contributed by atoms with Crippen LogP contribution in [0.1, 0.15) is 18.4 Å². The first-order valence-electron chi connectivity index (χ1n) is 4.51. The van der Waals surface area contributed by atoms with E-state index >= 15 is 0 Å². The van der Waals surface area contributed by atoms with E-state index in [0.29, 0.717) is 5.75 Å². The van der Waals surface area contributed by atoms with Gasteiger partial charge in [0.05, 0.1) is 0 Å². The quantitative estimate of drug-likeness (QED) is 0.690. The molecule has 0 aromatic heterocycles. The number of rotatable bonds is 1. The predicted molar refractivity (Wildman–Crippen MR) is 54.5 cm³/mol. The standard InChI is InChI=1S/C12H12O/c13-12-8-4-3-7-11(12)9-10-5-1-2-6-10/h1,3-5,7-9,13H,2,6H2/b10-9+. The highest BCUT2D eigenvalue weighted by atomic mass is 16.3. The highest BCUT2D eigenvalue weighted by molar-refractivity contribution is 5.61. The molecule has 0 saturated carbocycles. The number of aromatic hydroxyl groups is 1. The molecule has 1 N–H and O–H groups in total. The van der Waals surface area contributed by atoms with Gasteiger partial charge in [-0.05, 0) is 30.6 Å². The van der Waals surface area contributed by atoms with Gasteiger partial charge in [0.15, 0.2) is 0 Å². The third-order valence-corrected chi connectivity index (χ3v) is 2.21. The van der Waals surface area contributed by atoms with Crippen LogP contribution in [0.25, 0.3) is 6.08 Å². The van der Waals surface area contributed by atoms with Crippen LogP contribution in [0.2, 0.25) is 0 Å². The van der Waals surface area contributed by atoms with Gasteiger partial charge in [-0.1, -0.05) is 30.4 Å². The maximum absolute atomic E-state index is 9.50. The molecule has 1 nitrogen and oxygen atoms in total. The summed E-state index contributed by atoms with van der Waals surface area (Å²) in [6.07, 6.45) is 8.53. The molecule has 0 radical (unpaired) electrons. The van der Waals surface area contributed by atoms with E-state index in [4.69, 9.17) is 0 Å². The Hall–Kier alpha value is -1.50. The maximum atomic E-state index is 9.50. The van der Waals surface area contributed by atoms with Crippen molar-refractivity contribution in [2.45, 2.75) is 12.8 Å². The second kappa shape index (κ2) is 3.48. The van der Waals surface area contributed by atoms with Crippen LogP contribution in [0.15, 0.2) is 42.0 Å². The second-order valence-electron chi connectivity index (χ2n) is 3.22. The lowest BCUT2D eigenvalue weighted by molar-refractivity contribution is 0.474. The van der Waals surface area contributed by atoms with Gasteiger partial charge in [-0.15, -0.1) is 0 Å². The largest absolute Gasteiger partial charge is 0.507 e. The number of para-hydroxylation sites is 1. The zero-order valence-electron chi connectivity index (χ0n) is 7.40. The predicted octanol–water partition coefficient (Wildman–Crippen LogP) is 3.13. The molecular weight excluding hydrogens is 160 g/mol. The van der Waals surface area contributed by atoms with Gasteiger partial charge in [0, 0.05) is 5.56 Å². The minimum Gasteiger partial charge on any atom is -0.507 e. The minimum absolute atomic E-state index is 0.357. The van der Waals surface area contributed by atoms with E-state index in [1.807, 2.05) is 24.3 Å². The number of hydrogen-bond acceptors (Lipinski definition) is 1. The number of hydrogen-bond donors (Lipinski definition) is 1. The lowest BCUT2D eigenvalue weighted by Gasteiger charge is -1.99. The summed E-state index contributed by atoms with van der Waals surface area (Å²) in [6, 6.07) is 7.41. The summed E-state index contributed by atoms with van der Waals surface area (Å²) < 4.78 is 0. The van der Waals surface area contributed by atoms with Crippen molar-refractivity contribution in [2.75, 3.05) is 0 Å². The van der Waals surface area contributed by atoms with Gasteiger partial charge >= 0.3 is 0 Å². The van der Waals surface area contributed by atoms with Crippen LogP contribution in [0.4, 0.5) is 0 Å². The molecule has 0 saturated heterocycles. The van der Waals surface area contributed by atoms with Gasteiger partial charge in [-0.2, -0.15) is 0 Å². The molecule has 2 rings (SSSR count). The van der Waals surface area contributed by atoms with Crippen LogP contribution in [0.3, 0.4) is 0 Å². The zero-order valence-corrected chi connectivity index (χ0v) is 7.40. The van der Waals surface area contributed by atoms with Crippen molar-refractivity contribution in [3.63, 3.8) is 0 Å². The molecule has 66 valence electrons. The summed E-state index contributed by atoms with van der Waals surface area (Å²) in [6.45, 7) is 0. The summed E-state index contributed by atoms with van der Waals surface area (Å²) in [5.74, 6) is 0.357. The number of phenolic OH excluding ortho intramolecular Hbond substituents is 1. The normalized spacial score (nSPS) is 18.3. The highest BCUT2D eigenvalue weighted by Gasteiger charge is 2.01. The van der Waals surface area contributed by atoms with E-state index in [9.17, 15) is 5.11 Å². The Morgan fingerprint density at radius 2 is 2.08 bits per heavy atom. The number of benzene rings is 1. The monoisotopic (exact) mass is 172 g/mol. The van der Waals surface area contributed by atoms with Crippen molar-refractivity contribution in [1.29, 1.82) is 0 Å². The summed E-state index contributed by atoms with van der Waals surface area (Å²) in [5, 5.41) is 9.50. The van der Waals surface area contributed by atoms with Crippen LogP contribution in [0, 0.1) is 0 Å². The lowest BCUT2D eigenvalue weighted by atomic mass is 10.1. The van der Waals surface area contributed by atoms with Crippen molar-refractivity contribution < 1.29 is 5.11 Å². The fourth-order valence-corrected chi connectivity index (χ4v) is 1.50. The lowest BCUT2D eigenvalue weighted by Crippen LogP contribution is -1.76. The van der Waals surface area contributed by atoms with Crippen molar-refractivity contribution in [3.8, 4) is 5.75 Å². The molecule has 0 spiro atoms. The average Bonchev–Trinajstić information content (AvgIpc) is 2.61. The third kappa shape index (κ3) is 1.81. The van der Waals surface area contributed by atoms with E-state index in [1.54, 1.807) is 6.07 Å². The first-order chi connectivity index (χ1) is 6.36. The average molecular weight is 172 g/mol. The molecule has 1 aromatic rings. The Kier molecular flexibility index (Phi) is 2.17. The molecule has 13 heavy (non-hydrogen) atoms. The second-order valence-corrected chi connectivity index (χ2v) is 3.22. The topological polar surface area (TPSA) is 20.2 Å². The van der Waals surface area contributed by atoms with Gasteiger partial charge in [0.1, 0.15) is 5.75 Å². The van der Waals surface area contributed by atoms with E-state index < -0.39 is 0 Å². The van der Waals surface area contributed by atoms with Gasteiger partial charge < -0.3 is 5.11 Å². The van der Waals surface area contributed by atoms with Gasteiger partial charge in [-0.25, -0.2) is 0 Å². The maximum Gasteiger partial charge on any atom is 0.122 e. The molecule has 0 atom stereocenters. The number of phenols is 1. The van der Waals surface area contributed by atoms with Crippen LogP contribution in [0.5, 0.6) is 5.75 Å². The van der Waals surface area contributed by atoms with Gasteiger partial charge in [-0.3, -0.25) is 0 Å². The zero-order chi connectivity index (χ0) is 9.10. The van der Waals surface area contributed by atoms with Crippen molar-refractivity contribution in [3.05, 3.63) is 47.6 Å². The first-order valence-corrected chi connectivity index (χ1v) is 4.51. The van der Waals surface area contributed by atoms with E-state index in [-0.39, 0.29) is 0 Å². The van der Waals surface area contributed by atoms with Crippen LogP contribution in [-0.4, -0.2) is 5.11 Å². The summed E-state index contributed by atoms with van der Waals surface area (Å²) in [4.78, 5) is 0. The van der Waals surface area contributed by atoms with Gasteiger partial charge in [0.25, 0.3) is 0 Å². The Morgan fingerprint density at radius 1 is 1.23 bits per heavy atom. The van der Waals surface area contributed by atoms with Crippen molar-refractivity contribution in [2.24, 2.45) is 0 Å². The fraction of sp³-hybridized carbons (Fsp3) is 0.167. The fourth-order valence-electron chi connectivity index (χ4n) is 1.50. The van der Waals surface area contributed by atoms with Crippen molar-refractivity contribution in [1.82, 2.24) is 0 Å². The number of allylic oxidation sites excluding steroid dienone is 3. The third-order valence-electron chi connectivity index (χ3n) is 2.21. The minimum atomic E-state index is 0.357. The van der Waals surface area contributed by atoms with Crippen molar-refractivity contribution >= 4 is 6.08 Å². The van der Waals surface area contributed by atoms with Crippen LogP contribution >= 0.6 is 0 Å². The molecule has 0 amide bonds. The molecular formula is C12H12O. The van der Waals surface area contributed by atoms with Crippen LogP contribution in [-0.2, 0) is 0 Å². The SMILES string of the molecule is Oc1ccccc1/C=C1\C=CCC1. The summed E-state index contributed by atoms with van der Waals surface area (Å²) in [7, 11) is 0. The van der Waals surface area contributed by atoms with Crippen LogP contribution < -0.4 is 0 Å². The molecule has 1 aromatic carbocycles. The molecule has 1 aliphatic carbocycles. The Labute approximate surface area is 78.0 Å².